The molecule has 0 aliphatic carbocycles. The number of carbonyl (C=O) groups excluding carboxylic acids is 2. The molecule has 1 saturated heterocycles. The maximum absolute atomic E-state index is 11.2. The van der Waals surface area contributed by atoms with Gasteiger partial charge in [0.25, 0.3) is 0 Å². The summed E-state index contributed by atoms with van der Waals surface area (Å²) in [5.74, 6) is -0.951. The van der Waals surface area contributed by atoms with Gasteiger partial charge in [-0.25, -0.2) is 0 Å². The summed E-state index contributed by atoms with van der Waals surface area (Å²) >= 11 is 3.29. The van der Waals surface area contributed by atoms with Crippen LogP contribution in [0.5, 0.6) is 0 Å². The monoisotopic (exact) mass is 354 g/mol. The Morgan fingerprint density at radius 2 is 1.60 bits per heavy atom. The second-order valence-electron chi connectivity index (χ2n) is 4.33. The van der Waals surface area contributed by atoms with Crippen LogP contribution >= 0.6 is 15.9 Å². The molecule has 1 aliphatic rings. The van der Waals surface area contributed by atoms with Gasteiger partial charge in [0, 0.05) is 28.1 Å². The van der Waals surface area contributed by atoms with Crippen LogP contribution in [0.25, 0.3) is 0 Å². The van der Waals surface area contributed by atoms with Gasteiger partial charge in [-0.2, -0.15) is 0 Å². The number of methoxy groups -OCH3 is 2. The minimum atomic E-state index is -0.727. The predicted octanol–water partition coefficient (Wildman–Crippen LogP) is 0.631. The van der Waals surface area contributed by atoms with Gasteiger partial charge in [-0.3, -0.25) is 9.59 Å². The topological polar surface area (TPSA) is 80.3 Å². The van der Waals surface area contributed by atoms with E-state index in [1.807, 2.05) is 0 Å². The van der Waals surface area contributed by atoms with Crippen molar-refractivity contribution >= 4 is 27.9 Å². The lowest BCUT2D eigenvalue weighted by Crippen LogP contribution is -2.60. The zero-order valence-corrected chi connectivity index (χ0v) is 13.4. The molecule has 0 aromatic rings. The number of rotatable bonds is 5. The van der Waals surface area contributed by atoms with Crippen molar-refractivity contribution in [2.45, 2.75) is 43.3 Å². The third kappa shape index (κ3) is 4.41. The fourth-order valence-corrected chi connectivity index (χ4v) is 2.77. The molecule has 8 heteroatoms. The highest BCUT2D eigenvalue weighted by atomic mass is 79.9. The van der Waals surface area contributed by atoms with E-state index >= 15 is 0 Å². The summed E-state index contributed by atoms with van der Waals surface area (Å²) in [5, 5.41) is -0.580. The SMILES string of the molecule is COC[C@H]1O[C@H](Br)[C@H](OC(C)=O)[C@@H](OC)[C@@H]1OC(C)=O. The van der Waals surface area contributed by atoms with Crippen molar-refractivity contribution in [1.82, 2.24) is 0 Å². The van der Waals surface area contributed by atoms with Crippen molar-refractivity contribution < 1.29 is 33.3 Å². The molecule has 116 valence electrons. The van der Waals surface area contributed by atoms with E-state index < -0.39 is 41.4 Å². The van der Waals surface area contributed by atoms with E-state index in [9.17, 15) is 9.59 Å². The van der Waals surface area contributed by atoms with Crippen LogP contribution in [0.1, 0.15) is 13.8 Å². The lowest BCUT2D eigenvalue weighted by Gasteiger charge is -2.42. The van der Waals surface area contributed by atoms with Crippen molar-refractivity contribution in [2.75, 3.05) is 20.8 Å². The van der Waals surface area contributed by atoms with Gasteiger partial charge < -0.3 is 23.7 Å². The molecule has 0 saturated carbocycles. The first-order valence-corrected chi connectivity index (χ1v) is 6.98. The van der Waals surface area contributed by atoms with Gasteiger partial charge in [0.15, 0.2) is 17.2 Å². The quantitative estimate of drug-likeness (QED) is 0.529. The summed E-state index contributed by atoms with van der Waals surface area (Å²) in [6, 6.07) is 0. The molecule has 5 atom stereocenters. The van der Waals surface area contributed by atoms with E-state index in [0.29, 0.717) is 0 Å². The molecule has 0 unspecified atom stereocenters. The predicted molar refractivity (Wildman–Crippen MR) is 71.4 cm³/mol. The molecule has 0 radical (unpaired) electrons. The Labute approximate surface area is 126 Å². The third-order valence-electron chi connectivity index (χ3n) is 2.78. The minimum absolute atomic E-state index is 0.215. The molecule has 1 aliphatic heterocycles. The Morgan fingerprint density at radius 3 is 2.05 bits per heavy atom. The number of alkyl halides is 1. The van der Waals surface area contributed by atoms with Gasteiger partial charge in [-0.15, -0.1) is 0 Å². The van der Waals surface area contributed by atoms with Crippen LogP contribution in [0.15, 0.2) is 0 Å². The highest BCUT2D eigenvalue weighted by Crippen LogP contribution is 2.31. The summed E-state index contributed by atoms with van der Waals surface area (Å²) in [6.07, 6.45) is -2.63. The number of hydrogen-bond donors (Lipinski definition) is 0. The number of halogens is 1. The maximum Gasteiger partial charge on any atom is 0.303 e. The molecule has 7 nitrogen and oxygen atoms in total. The lowest BCUT2D eigenvalue weighted by atomic mass is 9.99. The maximum atomic E-state index is 11.2. The van der Waals surface area contributed by atoms with E-state index in [4.69, 9.17) is 23.7 Å². The first kappa shape index (κ1) is 17.4. The fraction of sp³-hybridized carbons (Fsp3) is 0.833. The van der Waals surface area contributed by atoms with Gasteiger partial charge in [-0.1, -0.05) is 15.9 Å². The molecule has 20 heavy (non-hydrogen) atoms. The van der Waals surface area contributed by atoms with Gasteiger partial charge in [0.05, 0.1) is 6.61 Å². The molecule has 1 fully saturated rings. The molecular formula is C12H19BrO7. The standard InChI is InChI=1S/C12H19BrO7/c1-6(14)18-9-8(5-16-3)20-12(13)11(10(9)17-4)19-7(2)15/h8-12H,5H2,1-4H3/t8-,9-,10+,11-,12+/m1/s1. The van der Waals surface area contributed by atoms with E-state index in [2.05, 4.69) is 15.9 Å². The Bertz CT molecular complexity index is 349. The molecule has 0 N–H and O–H groups in total. The van der Waals surface area contributed by atoms with E-state index in [1.165, 1.54) is 28.1 Å². The van der Waals surface area contributed by atoms with Crippen LogP contribution in [0.4, 0.5) is 0 Å². The largest absolute Gasteiger partial charge is 0.457 e. The highest BCUT2D eigenvalue weighted by molar-refractivity contribution is 9.09. The second kappa shape index (κ2) is 7.92. The zero-order chi connectivity index (χ0) is 15.3. The van der Waals surface area contributed by atoms with Crippen LogP contribution in [0.3, 0.4) is 0 Å². The first-order valence-electron chi connectivity index (χ1n) is 6.06. The third-order valence-corrected chi connectivity index (χ3v) is 3.52. The van der Waals surface area contributed by atoms with Crippen LogP contribution in [-0.2, 0) is 33.3 Å². The summed E-state index contributed by atoms with van der Waals surface area (Å²) < 4.78 is 26.5. The number of carbonyl (C=O) groups is 2. The fourth-order valence-electron chi connectivity index (χ4n) is 2.08. The molecule has 0 aromatic heterocycles. The van der Waals surface area contributed by atoms with E-state index in [-0.39, 0.29) is 6.61 Å². The van der Waals surface area contributed by atoms with Crippen molar-refractivity contribution in [3.8, 4) is 0 Å². The second-order valence-corrected chi connectivity index (χ2v) is 5.23. The zero-order valence-electron chi connectivity index (χ0n) is 11.8. The van der Waals surface area contributed by atoms with Crippen LogP contribution in [0, 0.1) is 0 Å². The number of esters is 2. The normalized spacial score (nSPS) is 33.5. The average Bonchev–Trinajstić information content (AvgIpc) is 2.34. The number of hydrogen-bond acceptors (Lipinski definition) is 7. The lowest BCUT2D eigenvalue weighted by molar-refractivity contribution is -0.233. The van der Waals surface area contributed by atoms with Crippen LogP contribution < -0.4 is 0 Å². The van der Waals surface area contributed by atoms with Gasteiger partial charge >= 0.3 is 11.9 Å². The van der Waals surface area contributed by atoms with Crippen LogP contribution in [-0.4, -0.2) is 62.2 Å². The molecule has 0 spiro atoms. The summed E-state index contributed by atoms with van der Waals surface area (Å²) in [5.41, 5.74) is 0. The van der Waals surface area contributed by atoms with Crippen LogP contribution in [0.2, 0.25) is 0 Å². The molecule has 1 heterocycles. The first-order chi connectivity index (χ1) is 9.40. The van der Waals surface area contributed by atoms with Gasteiger partial charge in [0.2, 0.25) is 0 Å². The molecule has 0 amide bonds. The smallest absolute Gasteiger partial charge is 0.303 e. The van der Waals surface area contributed by atoms with Crippen molar-refractivity contribution in [3.05, 3.63) is 0 Å². The van der Waals surface area contributed by atoms with Crippen molar-refractivity contribution in [2.24, 2.45) is 0 Å². The average molecular weight is 355 g/mol. The molecule has 1 rings (SSSR count). The molecule has 0 aromatic carbocycles. The van der Waals surface area contributed by atoms with E-state index in [1.54, 1.807) is 0 Å². The Hall–Kier alpha value is -0.700. The Kier molecular flexibility index (Phi) is 6.87. The summed E-state index contributed by atoms with van der Waals surface area (Å²) in [7, 11) is 2.96. The minimum Gasteiger partial charge on any atom is -0.457 e. The Morgan fingerprint density at radius 1 is 1.05 bits per heavy atom. The van der Waals surface area contributed by atoms with E-state index in [0.717, 1.165) is 0 Å². The molecular weight excluding hydrogens is 336 g/mol. The highest BCUT2D eigenvalue weighted by Gasteiger charge is 2.49. The van der Waals surface area contributed by atoms with Gasteiger partial charge in [0.1, 0.15) is 12.2 Å². The summed E-state index contributed by atoms with van der Waals surface area (Å²) in [4.78, 5) is 22.4. The molecule has 0 bridgehead atoms. The number of ether oxygens (including phenoxy) is 5. The van der Waals surface area contributed by atoms with Gasteiger partial charge in [-0.05, 0) is 0 Å². The van der Waals surface area contributed by atoms with Crippen molar-refractivity contribution in [3.63, 3.8) is 0 Å². The van der Waals surface area contributed by atoms with Crippen molar-refractivity contribution in [1.29, 1.82) is 0 Å². The summed E-state index contributed by atoms with van der Waals surface area (Å²) in [6.45, 7) is 2.79. The Balaban J connectivity index is 2.96.